The summed E-state index contributed by atoms with van der Waals surface area (Å²) in [5, 5.41) is 0. The van der Waals surface area contributed by atoms with E-state index in [9.17, 15) is 4.79 Å². The third-order valence-corrected chi connectivity index (χ3v) is 2.29. The largest absolute Gasteiger partial charge is 0.339 e. The van der Waals surface area contributed by atoms with Crippen molar-refractivity contribution >= 4 is 5.91 Å². The Morgan fingerprint density at radius 1 is 1.58 bits per heavy atom. The molecule has 1 saturated heterocycles. The lowest BCUT2D eigenvalue weighted by molar-refractivity contribution is -0.130. The Morgan fingerprint density at radius 3 is 2.75 bits per heavy atom. The average molecular weight is 166 g/mol. The molecule has 0 radical (unpaired) electrons. The van der Waals surface area contributed by atoms with Gasteiger partial charge in [-0.2, -0.15) is 0 Å². The topological polar surface area (TPSA) is 23.6 Å². The molecule has 1 aliphatic rings. The minimum absolute atomic E-state index is 0.0858. The van der Waals surface area contributed by atoms with Gasteiger partial charge in [0.1, 0.15) is 0 Å². The Kier molecular flexibility index (Phi) is 2.72. The van der Waals surface area contributed by atoms with E-state index in [0.717, 1.165) is 13.1 Å². The highest BCUT2D eigenvalue weighted by Crippen LogP contribution is 2.06. The second-order valence-electron chi connectivity index (χ2n) is 3.13. The number of likely N-dealkylation sites (N-methyl/N-ethyl adjacent to an activating group) is 1. The van der Waals surface area contributed by atoms with Gasteiger partial charge in [0.2, 0.25) is 5.91 Å². The maximum absolute atomic E-state index is 11.0. The number of carbonyl (C=O) groups excluding carboxylic acids is 1. The molecule has 0 aromatic carbocycles. The number of terminal acetylenes is 1. The minimum atomic E-state index is 0.0858. The van der Waals surface area contributed by atoms with Crippen molar-refractivity contribution in [3.05, 3.63) is 0 Å². The van der Waals surface area contributed by atoms with Crippen molar-refractivity contribution in [1.29, 1.82) is 0 Å². The van der Waals surface area contributed by atoms with Gasteiger partial charge in [0, 0.05) is 26.6 Å². The van der Waals surface area contributed by atoms with Crippen molar-refractivity contribution in [1.82, 2.24) is 9.80 Å². The van der Waals surface area contributed by atoms with Gasteiger partial charge in [-0.25, -0.2) is 0 Å². The molecule has 3 heteroatoms. The van der Waals surface area contributed by atoms with Gasteiger partial charge in [-0.05, 0) is 7.05 Å². The summed E-state index contributed by atoms with van der Waals surface area (Å²) >= 11 is 0. The maximum atomic E-state index is 11.0. The van der Waals surface area contributed by atoms with Crippen molar-refractivity contribution in [2.45, 2.75) is 13.0 Å². The number of nitrogens with zero attached hydrogens (tertiary/aromatic N) is 2. The van der Waals surface area contributed by atoms with E-state index in [-0.39, 0.29) is 11.9 Å². The first-order chi connectivity index (χ1) is 5.65. The van der Waals surface area contributed by atoms with Crippen LogP contribution in [-0.2, 0) is 4.79 Å². The molecule has 1 aliphatic heterocycles. The molecule has 1 heterocycles. The van der Waals surface area contributed by atoms with Crippen molar-refractivity contribution in [3.63, 3.8) is 0 Å². The molecule has 1 atom stereocenters. The molecule has 0 saturated carbocycles. The summed E-state index contributed by atoms with van der Waals surface area (Å²) in [6.45, 7) is 3.92. The zero-order chi connectivity index (χ0) is 9.14. The van der Waals surface area contributed by atoms with Crippen LogP contribution in [0.25, 0.3) is 0 Å². The second kappa shape index (κ2) is 3.59. The molecule has 0 N–H and O–H groups in total. The van der Waals surface area contributed by atoms with Crippen LogP contribution in [0.2, 0.25) is 0 Å². The van der Waals surface area contributed by atoms with Crippen molar-refractivity contribution in [2.24, 2.45) is 0 Å². The lowest BCUT2D eigenvalue weighted by atomic mass is 10.2. The predicted molar refractivity (Wildman–Crippen MR) is 47.5 cm³/mol. The second-order valence-corrected chi connectivity index (χ2v) is 3.13. The molecule has 0 bridgehead atoms. The van der Waals surface area contributed by atoms with Crippen LogP contribution in [0.3, 0.4) is 0 Å². The first-order valence-electron chi connectivity index (χ1n) is 4.07. The van der Waals surface area contributed by atoms with Crippen LogP contribution >= 0.6 is 0 Å². The Hall–Kier alpha value is -1.01. The zero-order valence-corrected chi connectivity index (χ0v) is 7.58. The summed E-state index contributed by atoms with van der Waals surface area (Å²) in [6.07, 6.45) is 5.33. The fraction of sp³-hybridized carbons (Fsp3) is 0.667. The van der Waals surface area contributed by atoms with E-state index in [4.69, 9.17) is 6.42 Å². The lowest BCUT2D eigenvalue weighted by Gasteiger charge is -2.36. The Balaban J connectivity index is 2.57. The van der Waals surface area contributed by atoms with Crippen LogP contribution in [0.15, 0.2) is 0 Å². The lowest BCUT2D eigenvalue weighted by Crippen LogP contribution is -2.52. The average Bonchev–Trinajstić information content (AvgIpc) is 2.05. The smallest absolute Gasteiger partial charge is 0.219 e. The third kappa shape index (κ3) is 1.77. The normalized spacial score (nSPS) is 25.1. The summed E-state index contributed by atoms with van der Waals surface area (Å²) in [7, 11) is 1.99. The Bertz CT molecular complexity index is 219. The van der Waals surface area contributed by atoms with Crippen LogP contribution < -0.4 is 0 Å². The van der Waals surface area contributed by atoms with Gasteiger partial charge in [-0.15, -0.1) is 6.42 Å². The summed E-state index contributed by atoms with van der Waals surface area (Å²) < 4.78 is 0. The van der Waals surface area contributed by atoms with Crippen LogP contribution in [-0.4, -0.2) is 48.4 Å². The molecule has 0 spiro atoms. The molecule has 66 valence electrons. The molecule has 1 amide bonds. The molecular formula is C9H14N2O. The number of carbonyl (C=O) groups is 1. The van der Waals surface area contributed by atoms with E-state index in [1.54, 1.807) is 11.8 Å². The van der Waals surface area contributed by atoms with Gasteiger partial charge >= 0.3 is 0 Å². The molecule has 0 aliphatic carbocycles. The van der Waals surface area contributed by atoms with Crippen molar-refractivity contribution in [2.75, 3.05) is 26.7 Å². The van der Waals surface area contributed by atoms with Crippen LogP contribution in [0, 0.1) is 12.3 Å². The highest BCUT2D eigenvalue weighted by Gasteiger charge is 2.23. The quantitative estimate of drug-likeness (QED) is 0.465. The van der Waals surface area contributed by atoms with E-state index in [1.807, 2.05) is 7.05 Å². The Labute approximate surface area is 73.3 Å². The first-order valence-corrected chi connectivity index (χ1v) is 4.07. The van der Waals surface area contributed by atoms with Gasteiger partial charge in [-0.1, -0.05) is 5.92 Å². The molecule has 3 nitrogen and oxygen atoms in total. The van der Waals surface area contributed by atoms with Crippen LogP contribution in [0.1, 0.15) is 6.92 Å². The van der Waals surface area contributed by atoms with Gasteiger partial charge in [0.25, 0.3) is 0 Å². The molecular weight excluding hydrogens is 152 g/mol. The first kappa shape index (κ1) is 9.08. The van der Waals surface area contributed by atoms with Gasteiger partial charge < -0.3 is 4.90 Å². The van der Waals surface area contributed by atoms with E-state index in [1.165, 1.54) is 0 Å². The zero-order valence-electron chi connectivity index (χ0n) is 7.58. The summed E-state index contributed by atoms with van der Waals surface area (Å²) in [4.78, 5) is 14.9. The highest BCUT2D eigenvalue weighted by molar-refractivity contribution is 5.73. The molecule has 0 aromatic rings. The van der Waals surface area contributed by atoms with E-state index in [0.29, 0.717) is 6.54 Å². The summed E-state index contributed by atoms with van der Waals surface area (Å²) in [6, 6.07) is 0.0858. The third-order valence-electron chi connectivity index (χ3n) is 2.29. The summed E-state index contributed by atoms with van der Waals surface area (Å²) in [5.74, 6) is 2.78. The van der Waals surface area contributed by atoms with Gasteiger partial charge in [-0.3, -0.25) is 9.69 Å². The molecule has 1 rings (SSSR count). The number of amides is 1. The molecule has 0 aromatic heterocycles. The van der Waals surface area contributed by atoms with Gasteiger partial charge in [0.05, 0.1) is 6.04 Å². The van der Waals surface area contributed by atoms with Gasteiger partial charge in [0.15, 0.2) is 0 Å². The van der Waals surface area contributed by atoms with Crippen molar-refractivity contribution in [3.8, 4) is 12.3 Å². The van der Waals surface area contributed by atoms with Crippen LogP contribution in [0.5, 0.6) is 0 Å². The number of piperazine rings is 1. The van der Waals surface area contributed by atoms with Crippen LogP contribution in [0.4, 0.5) is 0 Å². The van der Waals surface area contributed by atoms with Crippen molar-refractivity contribution < 1.29 is 4.79 Å². The monoisotopic (exact) mass is 166 g/mol. The number of rotatable bonds is 0. The minimum Gasteiger partial charge on any atom is -0.339 e. The maximum Gasteiger partial charge on any atom is 0.219 e. The molecule has 12 heavy (non-hydrogen) atoms. The molecule has 0 unspecified atom stereocenters. The predicted octanol–water partition coefficient (Wildman–Crippen LogP) is -0.218. The Morgan fingerprint density at radius 2 is 2.25 bits per heavy atom. The fourth-order valence-corrected chi connectivity index (χ4v) is 1.34. The SMILES string of the molecule is C#C[C@H]1CN(C(C)=O)CCN1C. The number of hydrogen-bond acceptors (Lipinski definition) is 2. The van der Waals surface area contributed by atoms with E-state index in [2.05, 4.69) is 10.8 Å². The summed E-state index contributed by atoms with van der Waals surface area (Å²) in [5.41, 5.74) is 0. The van der Waals surface area contributed by atoms with E-state index < -0.39 is 0 Å². The highest BCUT2D eigenvalue weighted by atomic mass is 16.2. The number of hydrogen-bond donors (Lipinski definition) is 0. The van der Waals surface area contributed by atoms with E-state index >= 15 is 0 Å². The standard InChI is InChI=1S/C9H14N2O/c1-4-9-7-11(8(2)12)6-5-10(9)3/h1,9H,5-7H2,2-3H3/t9-/m0/s1. The fourth-order valence-electron chi connectivity index (χ4n) is 1.34. The molecule has 1 fully saturated rings.